The molecule has 4 heteroatoms. The first-order valence-corrected chi connectivity index (χ1v) is 3.36. The number of aliphatic hydroxyl groups is 2. The van der Waals surface area contributed by atoms with Crippen LogP contribution in [0.2, 0.25) is 0 Å². The minimum absolute atomic E-state index is 0.459. The number of hydrogen-bond donors (Lipinski definition) is 4. The summed E-state index contributed by atoms with van der Waals surface area (Å²) in [6.07, 6.45) is 0.294. The second-order valence-electron chi connectivity index (χ2n) is 2.56. The molecule has 0 rings (SSSR count). The van der Waals surface area contributed by atoms with E-state index in [1.807, 2.05) is 6.92 Å². The van der Waals surface area contributed by atoms with Gasteiger partial charge in [-0.25, -0.2) is 0 Å². The van der Waals surface area contributed by atoms with Crippen LogP contribution >= 0.6 is 0 Å². The molecule has 0 radical (unpaired) electrons. The van der Waals surface area contributed by atoms with Crippen LogP contribution in [-0.2, 0) is 0 Å². The third-order valence-electron chi connectivity index (χ3n) is 1.44. The molecule has 0 saturated carbocycles. The van der Waals surface area contributed by atoms with Gasteiger partial charge in [0.05, 0.1) is 6.10 Å². The third-order valence-corrected chi connectivity index (χ3v) is 1.44. The van der Waals surface area contributed by atoms with Crippen LogP contribution in [0.15, 0.2) is 0 Å². The van der Waals surface area contributed by atoms with Crippen LogP contribution in [-0.4, -0.2) is 27.2 Å². The van der Waals surface area contributed by atoms with Gasteiger partial charge in [0.15, 0.2) is 5.72 Å². The Kier molecular flexibility index (Phi) is 3.81. The highest BCUT2D eigenvalue weighted by Gasteiger charge is 2.28. The number of hydrogen-bond acceptors (Lipinski definition) is 4. The van der Waals surface area contributed by atoms with Crippen LogP contribution in [0.5, 0.6) is 0 Å². The van der Waals surface area contributed by atoms with Gasteiger partial charge in [0, 0.05) is 0 Å². The maximum Gasteiger partial charge on any atom is 0.160 e. The molecule has 0 aromatic carbocycles. The Balaban J connectivity index is 3.78. The quantitative estimate of drug-likeness (QED) is 0.331. The Hall–Kier alpha value is -0.160. The predicted molar refractivity (Wildman–Crippen MR) is 36.5 cm³/mol. The van der Waals surface area contributed by atoms with Crippen molar-refractivity contribution in [2.75, 3.05) is 0 Å². The minimum Gasteiger partial charge on any atom is -0.389 e. The van der Waals surface area contributed by atoms with Crippen molar-refractivity contribution in [3.8, 4) is 0 Å². The molecule has 62 valence electrons. The Morgan fingerprint density at radius 1 is 1.60 bits per heavy atom. The summed E-state index contributed by atoms with van der Waals surface area (Å²) in [6.45, 7) is 3.20. The molecular weight excluding hydrogens is 134 g/mol. The van der Waals surface area contributed by atoms with Crippen LogP contribution < -0.4 is 5.48 Å². The van der Waals surface area contributed by atoms with Crippen molar-refractivity contribution >= 4 is 0 Å². The topological polar surface area (TPSA) is 72.7 Å². The molecule has 0 fully saturated rings. The second-order valence-corrected chi connectivity index (χ2v) is 2.56. The van der Waals surface area contributed by atoms with E-state index in [0.29, 0.717) is 6.42 Å². The van der Waals surface area contributed by atoms with Crippen LogP contribution in [0.1, 0.15) is 26.7 Å². The SMILES string of the molecule is CCCC(O)C(C)(O)NO. The Bertz CT molecular complexity index is 95.0. The van der Waals surface area contributed by atoms with Gasteiger partial charge < -0.3 is 15.4 Å². The van der Waals surface area contributed by atoms with Crippen molar-refractivity contribution in [2.24, 2.45) is 0 Å². The summed E-state index contributed by atoms with van der Waals surface area (Å²) in [5.41, 5.74) is 0.0441. The van der Waals surface area contributed by atoms with E-state index < -0.39 is 11.8 Å². The molecule has 0 heterocycles. The van der Waals surface area contributed by atoms with Gasteiger partial charge >= 0.3 is 0 Å². The van der Waals surface area contributed by atoms with Gasteiger partial charge in [0.2, 0.25) is 0 Å². The molecule has 0 aromatic heterocycles. The number of nitrogens with one attached hydrogen (secondary N) is 1. The summed E-state index contributed by atoms with van der Waals surface area (Å²) in [6, 6.07) is 0. The molecule has 2 unspecified atom stereocenters. The summed E-state index contributed by atoms with van der Waals surface area (Å²) >= 11 is 0. The largest absolute Gasteiger partial charge is 0.389 e. The van der Waals surface area contributed by atoms with Crippen molar-refractivity contribution < 1.29 is 15.4 Å². The van der Waals surface area contributed by atoms with Crippen molar-refractivity contribution in [3.63, 3.8) is 0 Å². The molecule has 4 N–H and O–H groups in total. The molecule has 2 atom stereocenters. The average molecular weight is 149 g/mol. The lowest BCUT2D eigenvalue weighted by atomic mass is 10.1. The van der Waals surface area contributed by atoms with E-state index >= 15 is 0 Å². The molecule has 0 aliphatic heterocycles. The van der Waals surface area contributed by atoms with Gasteiger partial charge in [-0.15, -0.1) is 0 Å². The molecule has 0 saturated heterocycles. The number of aliphatic hydroxyl groups excluding tert-OH is 1. The van der Waals surface area contributed by atoms with Gasteiger partial charge in [0.1, 0.15) is 0 Å². The maximum atomic E-state index is 9.11. The van der Waals surface area contributed by atoms with Crippen LogP contribution in [0.3, 0.4) is 0 Å². The highest BCUT2D eigenvalue weighted by atomic mass is 16.5. The molecule has 4 nitrogen and oxygen atoms in total. The van der Waals surface area contributed by atoms with Crippen molar-refractivity contribution in [2.45, 2.75) is 38.5 Å². The lowest BCUT2D eigenvalue weighted by Gasteiger charge is -2.26. The fraction of sp³-hybridized carbons (Fsp3) is 1.00. The molecule has 0 spiro atoms. The summed E-state index contributed by atoms with van der Waals surface area (Å²) in [4.78, 5) is 0. The minimum atomic E-state index is -1.59. The van der Waals surface area contributed by atoms with Crippen molar-refractivity contribution in [1.29, 1.82) is 0 Å². The molecule has 0 aliphatic rings. The lowest BCUT2D eigenvalue weighted by Crippen LogP contribution is -2.50. The number of rotatable bonds is 4. The normalized spacial score (nSPS) is 20.1. The summed E-state index contributed by atoms with van der Waals surface area (Å²) < 4.78 is 0. The van der Waals surface area contributed by atoms with Crippen LogP contribution in [0, 0.1) is 0 Å². The Morgan fingerprint density at radius 2 is 2.10 bits per heavy atom. The first kappa shape index (κ1) is 9.84. The highest BCUT2D eigenvalue weighted by Crippen LogP contribution is 2.09. The van der Waals surface area contributed by atoms with E-state index in [-0.39, 0.29) is 0 Å². The van der Waals surface area contributed by atoms with Crippen LogP contribution in [0.25, 0.3) is 0 Å². The fourth-order valence-electron chi connectivity index (χ4n) is 0.629. The Labute approximate surface area is 60.5 Å². The van der Waals surface area contributed by atoms with Crippen LogP contribution in [0.4, 0.5) is 0 Å². The average Bonchev–Trinajstić information content (AvgIpc) is 1.89. The van der Waals surface area contributed by atoms with E-state index in [9.17, 15) is 0 Å². The first-order chi connectivity index (χ1) is 4.54. The smallest absolute Gasteiger partial charge is 0.160 e. The molecular formula is C6H15NO3. The van der Waals surface area contributed by atoms with Crippen molar-refractivity contribution in [3.05, 3.63) is 0 Å². The zero-order valence-electron chi connectivity index (χ0n) is 6.33. The molecule has 0 aliphatic carbocycles. The zero-order valence-corrected chi connectivity index (χ0v) is 6.33. The molecule has 0 aromatic rings. The summed E-state index contributed by atoms with van der Waals surface area (Å²) in [5.74, 6) is 0. The fourth-order valence-corrected chi connectivity index (χ4v) is 0.629. The van der Waals surface area contributed by atoms with Gasteiger partial charge in [-0.05, 0) is 13.3 Å². The van der Waals surface area contributed by atoms with E-state index in [1.165, 1.54) is 6.92 Å². The van der Waals surface area contributed by atoms with Gasteiger partial charge in [-0.2, -0.15) is 5.48 Å². The maximum absolute atomic E-state index is 9.11. The molecule has 10 heavy (non-hydrogen) atoms. The predicted octanol–water partition coefficient (Wildman–Crippen LogP) is -0.165. The molecule has 0 bridgehead atoms. The standard InChI is InChI=1S/C6H15NO3/c1-3-4-5(8)6(2,9)7-10/h5,7-10H,3-4H2,1-2H3. The van der Waals surface area contributed by atoms with Crippen molar-refractivity contribution in [1.82, 2.24) is 5.48 Å². The van der Waals surface area contributed by atoms with E-state index in [2.05, 4.69) is 0 Å². The lowest BCUT2D eigenvalue weighted by molar-refractivity contribution is -0.151. The third kappa shape index (κ3) is 2.62. The monoisotopic (exact) mass is 149 g/mol. The number of hydroxylamine groups is 1. The first-order valence-electron chi connectivity index (χ1n) is 3.36. The Morgan fingerprint density at radius 3 is 2.40 bits per heavy atom. The van der Waals surface area contributed by atoms with E-state index in [4.69, 9.17) is 15.4 Å². The van der Waals surface area contributed by atoms with Gasteiger partial charge in [-0.3, -0.25) is 0 Å². The van der Waals surface area contributed by atoms with Gasteiger partial charge in [-0.1, -0.05) is 13.3 Å². The van der Waals surface area contributed by atoms with Gasteiger partial charge in [0.25, 0.3) is 0 Å². The zero-order chi connectivity index (χ0) is 8.20. The second kappa shape index (κ2) is 3.88. The molecule has 0 amide bonds. The summed E-state index contributed by atoms with van der Waals surface area (Å²) in [5, 5.41) is 26.5. The van der Waals surface area contributed by atoms with E-state index in [0.717, 1.165) is 6.42 Å². The summed E-state index contributed by atoms with van der Waals surface area (Å²) in [7, 11) is 0. The highest BCUT2D eigenvalue weighted by molar-refractivity contribution is 4.74. The van der Waals surface area contributed by atoms with E-state index in [1.54, 1.807) is 5.48 Å².